The molecule has 0 saturated carbocycles. The Hall–Kier alpha value is -1.11. The minimum Gasteiger partial charge on any atom is -0.291 e. The van der Waals surface area contributed by atoms with Crippen LogP contribution in [0.4, 0.5) is 5.69 Å². The fraction of sp³-hybridized carbons (Fsp3) is 0.455. The Balaban J connectivity index is 2.23. The van der Waals surface area contributed by atoms with Crippen molar-refractivity contribution in [3.63, 3.8) is 0 Å². The summed E-state index contributed by atoms with van der Waals surface area (Å²) in [4.78, 5) is 0.276. The van der Waals surface area contributed by atoms with E-state index < -0.39 is 10.0 Å². The summed E-state index contributed by atoms with van der Waals surface area (Å²) < 4.78 is 26.0. The Morgan fingerprint density at radius 3 is 2.18 bits per heavy atom. The van der Waals surface area contributed by atoms with Gasteiger partial charge in [-0.1, -0.05) is 6.42 Å². The van der Waals surface area contributed by atoms with Crippen molar-refractivity contribution in [1.82, 2.24) is 4.31 Å². The Labute approximate surface area is 101 Å². The standard InChI is InChI=1S/C11H16N2O3S/c14-12-10-4-6-11(7-5-10)17(15,16)13-8-2-1-3-9-13/h4-7,12,14H,1-3,8-9H2. The first-order chi connectivity index (χ1) is 8.14. The maximum Gasteiger partial charge on any atom is 0.243 e. The van der Waals surface area contributed by atoms with E-state index in [0.29, 0.717) is 18.8 Å². The molecule has 0 atom stereocenters. The topological polar surface area (TPSA) is 69.6 Å². The van der Waals surface area contributed by atoms with Crippen LogP contribution >= 0.6 is 0 Å². The summed E-state index contributed by atoms with van der Waals surface area (Å²) in [6.07, 6.45) is 2.95. The minimum absolute atomic E-state index is 0.276. The smallest absolute Gasteiger partial charge is 0.243 e. The lowest BCUT2D eigenvalue weighted by Crippen LogP contribution is -2.35. The molecule has 0 bridgehead atoms. The van der Waals surface area contributed by atoms with Crippen molar-refractivity contribution in [3.8, 4) is 0 Å². The minimum atomic E-state index is -3.36. The maximum atomic E-state index is 12.2. The Morgan fingerprint density at radius 2 is 1.65 bits per heavy atom. The normalized spacial score (nSPS) is 17.9. The number of benzene rings is 1. The Morgan fingerprint density at radius 1 is 1.06 bits per heavy atom. The second-order valence-electron chi connectivity index (χ2n) is 4.10. The molecule has 94 valence electrons. The van der Waals surface area contributed by atoms with Gasteiger partial charge in [-0.3, -0.25) is 10.7 Å². The van der Waals surface area contributed by atoms with Gasteiger partial charge in [0.1, 0.15) is 0 Å². The van der Waals surface area contributed by atoms with Gasteiger partial charge in [-0.25, -0.2) is 8.42 Å². The van der Waals surface area contributed by atoms with Crippen molar-refractivity contribution in [1.29, 1.82) is 0 Å². The molecule has 1 saturated heterocycles. The Bertz CT molecular complexity index is 464. The zero-order valence-electron chi connectivity index (χ0n) is 9.46. The third kappa shape index (κ3) is 2.59. The molecule has 2 N–H and O–H groups in total. The SMILES string of the molecule is O=S(=O)(c1ccc(NO)cc1)N1CCCCC1. The fourth-order valence-corrected chi connectivity index (χ4v) is 3.47. The first kappa shape index (κ1) is 12.3. The van der Waals surface area contributed by atoms with Gasteiger partial charge in [-0.05, 0) is 37.1 Å². The lowest BCUT2D eigenvalue weighted by Gasteiger charge is -2.25. The molecule has 5 nitrogen and oxygen atoms in total. The highest BCUT2D eigenvalue weighted by molar-refractivity contribution is 7.89. The van der Waals surface area contributed by atoms with Crippen molar-refractivity contribution >= 4 is 15.7 Å². The van der Waals surface area contributed by atoms with E-state index in [1.165, 1.54) is 28.6 Å². The molecule has 2 rings (SSSR count). The molecule has 0 spiro atoms. The summed E-state index contributed by atoms with van der Waals surface area (Å²) in [6.45, 7) is 1.20. The number of hydrogen-bond donors (Lipinski definition) is 2. The summed E-state index contributed by atoms with van der Waals surface area (Å²) in [6, 6.07) is 6.08. The second-order valence-corrected chi connectivity index (χ2v) is 6.04. The van der Waals surface area contributed by atoms with E-state index in [-0.39, 0.29) is 4.90 Å². The summed E-state index contributed by atoms with van der Waals surface area (Å²) in [5.74, 6) is 0. The molecule has 0 unspecified atom stereocenters. The number of rotatable bonds is 3. The van der Waals surface area contributed by atoms with E-state index in [9.17, 15) is 8.42 Å². The number of sulfonamides is 1. The molecule has 0 aliphatic carbocycles. The monoisotopic (exact) mass is 256 g/mol. The van der Waals surface area contributed by atoms with Gasteiger partial charge in [-0.15, -0.1) is 0 Å². The lowest BCUT2D eigenvalue weighted by atomic mass is 10.2. The van der Waals surface area contributed by atoms with Crippen LogP contribution in [0.15, 0.2) is 29.2 Å². The van der Waals surface area contributed by atoms with Gasteiger partial charge in [0.15, 0.2) is 0 Å². The van der Waals surface area contributed by atoms with Gasteiger partial charge < -0.3 is 0 Å². The molecule has 1 aromatic carbocycles. The first-order valence-electron chi connectivity index (χ1n) is 5.65. The lowest BCUT2D eigenvalue weighted by molar-refractivity contribution is 0.346. The zero-order valence-corrected chi connectivity index (χ0v) is 10.3. The van der Waals surface area contributed by atoms with Crippen molar-refractivity contribution in [2.24, 2.45) is 0 Å². The van der Waals surface area contributed by atoms with Crippen molar-refractivity contribution < 1.29 is 13.6 Å². The molecule has 0 aromatic heterocycles. The molecular formula is C11H16N2O3S. The summed E-state index contributed by atoms with van der Waals surface area (Å²) in [5, 5.41) is 8.67. The fourth-order valence-electron chi connectivity index (χ4n) is 1.96. The van der Waals surface area contributed by atoms with Crippen LogP contribution in [0.3, 0.4) is 0 Å². The maximum absolute atomic E-state index is 12.2. The second kappa shape index (κ2) is 5.03. The van der Waals surface area contributed by atoms with Crippen molar-refractivity contribution in [2.75, 3.05) is 18.6 Å². The largest absolute Gasteiger partial charge is 0.291 e. The average molecular weight is 256 g/mol. The average Bonchev–Trinajstić information content (AvgIpc) is 2.40. The van der Waals surface area contributed by atoms with Gasteiger partial charge in [0.25, 0.3) is 0 Å². The molecular weight excluding hydrogens is 240 g/mol. The molecule has 1 heterocycles. The van der Waals surface area contributed by atoms with Crippen LogP contribution in [0.25, 0.3) is 0 Å². The van der Waals surface area contributed by atoms with E-state index >= 15 is 0 Å². The summed E-state index contributed by atoms with van der Waals surface area (Å²) >= 11 is 0. The molecule has 1 aliphatic heterocycles. The molecule has 1 aliphatic rings. The number of nitrogens with zero attached hydrogens (tertiary/aromatic N) is 1. The van der Waals surface area contributed by atoms with Gasteiger partial charge in [0.2, 0.25) is 10.0 Å². The molecule has 0 amide bonds. The molecule has 0 radical (unpaired) electrons. The number of hydrogen-bond acceptors (Lipinski definition) is 4. The molecule has 1 fully saturated rings. The highest BCUT2D eigenvalue weighted by atomic mass is 32.2. The van der Waals surface area contributed by atoms with E-state index in [4.69, 9.17) is 5.21 Å². The van der Waals surface area contributed by atoms with E-state index in [1.54, 1.807) is 0 Å². The molecule has 6 heteroatoms. The highest BCUT2D eigenvalue weighted by Gasteiger charge is 2.25. The van der Waals surface area contributed by atoms with Gasteiger partial charge in [0, 0.05) is 13.1 Å². The van der Waals surface area contributed by atoms with Gasteiger partial charge >= 0.3 is 0 Å². The van der Waals surface area contributed by atoms with Crippen LogP contribution in [-0.4, -0.2) is 31.0 Å². The zero-order chi connectivity index (χ0) is 12.3. The number of piperidine rings is 1. The van der Waals surface area contributed by atoms with Gasteiger partial charge in [-0.2, -0.15) is 4.31 Å². The molecule has 17 heavy (non-hydrogen) atoms. The molecule has 1 aromatic rings. The van der Waals surface area contributed by atoms with Crippen LogP contribution < -0.4 is 5.48 Å². The third-order valence-corrected chi connectivity index (χ3v) is 4.85. The quantitative estimate of drug-likeness (QED) is 0.807. The highest BCUT2D eigenvalue weighted by Crippen LogP contribution is 2.21. The first-order valence-corrected chi connectivity index (χ1v) is 7.09. The summed E-state index contributed by atoms with van der Waals surface area (Å²) in [7, 11) is -3.36. The van der Waals surface area contributed by atoms with Crippen LogP contribution in [0.5, 0.6) is 0 Å². The van der Waals surface area contributed by atoms with E-state index in [1.807, 2.05) is 5.48 Å². The van der Waals surface area contributed by atoms with Gasteiger partial charge in [0.05, 0.1) is 10.6 Å². The van der Waals surface area contributed by atoms with Crippen molar-refractivity contribution in [2.45, 2.75) is 24.2 Å². The number of nitrogens with one attached hydrogen (secondary N) is 1. The van der Waals surface area contributed by atoms with Crippen LogP contribution in [0.2, 0.25) is 0 Å². The van der Waals surface area contributed by atoms with E-state index in [2.05, 4.69) is 0 Å². The van der Waals surface area contributed by atoms with Crippen molar-refractivity contribution in [3.05, 3.63) is 24.3 Å². The third-order valence-electron chi connectivity index (χ3n) is 2.94. The Kier molecular flexibility index (Phi) is 3.66. The van der Waals surface area contributed by atoms with Crippen LogP contribution in [0, 0.1) is 0 Å². The van der Waals surface area contributed by atoms with E-state index in [0.717, 1.165) is 19.3 Å². The predicted octanol–water partition coefficient (Wildman–Crippen LogP) is 1.66. The van der Waals surface area contributed by atoms with Crippen LogP contribution in [-0.2, 0) is 10.0 Å². The summed E-state index contributed by atoms with van der Waals surface area (Å²) in [5.41, 5.74) is 2.45. The number of anilines is 1. The predicted molar refractivity (Wildman–Crippen MR) is 64.5 cm³/mol. The van der Waals surface area contributed by atoms with Crippen LogP contribution in [0.1, 0.15) is 19.3 Å².